The Kier molecular flexibility index (Phi) is 6.15. The average molecular weight is 454 g/mol. The predicted molar refractivity (Wildman–Crippen MR) is 103 cm³/mol. The van der Waals surface area contributed by atoms with E-state index in [1.165, 1.54) is 18.6 Å². The zero-order valence-electron chi connectivity index (χ0n) is 16.5. The van der Waals surface area contributed by atoms with Crippen LogP contribution in [0.2, 0.25) is 0 Å². The molecular weight excluding hydrogens is 432 g/mol. The Labute approximate surface area is 179 Å². The van der Waals surface area contributed by atoms with Gasteiger partial charge in [0, 0.05) is 12.6 Å². The van der Waals surface area contributed by atoms with E-state index in [-0.39, 0.29) is 24.8 Å². The maximum atomic E-state index is 12.0. The van der Waals surface area contributed by atoms with E-state index >= 15 is 0 Å². The fourth-order valence-electron chi connectivity index (χ4n) is 3.41. The molecule has 16 nitrogen and oxygen atoms in total. The average Bonchev–Trinajstić information content (AvgIpc) is 3.23. The first-order valence-electron chi connectivity index (χ1n) is 9.52. The molecule has 16 heteroatoms. The molecule has 0 aromatic carbocycles. The molecule has 2 aromatic heterocycles. The van der Waals surface area contributed by atoms with Gasteiger partial charge in [-0.15, -0.1) is 0 Å². The van der Waals surface area contributed by atoms with Crippen molar-refractivity contribution in [1.82, 2.24) is 29.6 Å². The number of rotatable bonds is 6. The lowest BCUT2D eigenvalue weighted by Gasteiger charge is -2.19. The normalized spacial score (nSPS) is 32.4. The summed E-state index contributed by atoms with van der Waals surface area (Å²) in [5.74, 6) is -0.181. The highest BCUT2D eigenvalue weighted by Crippen LogP contribution is 2.29. The molecule has 8 N–H and O–H groups in total. The fraction of sp³-hybridized carbons (Fsp3) is 0.562. The molecule has 32 heavy (non-hydrogen) atoms. The molecule has 7 atom stereocenters. The van der Waals surface area contributed by atoms with Gasteiger partial charge < -0.3 is 36.3 Å². The SMILES string of the molecule is Nc1ccn([C@@H]2O[C@H](NOC[C@H]3O[C@@H](n4cnc(N)nc4=O)C[C@@H]3O)[C@@H](O)[C@H]2O)c(=O)n1. The Morgan fingerprint density at radius 2 is 1.88 bits per heavy atom. The number of hydroxylamine groups is 1. The Morgan fingerprint density at radius 1 is 1.12 bits per heavy atom. The molecule has 4 heterocycles. The summed E-state index contributed by atoms with van der Waals surface area (Å²) in [5, 5.41) is 30.6. The van der Waals surface area contributed by atoms with Crippen LogP contribution >= 0.6 is 0 Å². The molecule has 4 rings (SSSR count). The first kappa shape index (κ1) is 22.2. The molecule has 174 valence electrons. The molecule has 0 radical (unpaired) electrons. The van der Waals surface area contributed by atoms with E-state index in [0.29, 0.717) is 0 Å². The highest BCUT2D eigenvalue weighted by atomic mass is 16.7. The van der Waals surface area contributed by atoms with Crippen molar-refractivity contribution in [2.75, 3.05) is 18.1 Å². The number of anilines is 2. The van der Waals surface area contributed by atoms with E-state index in [4.69, 9.17) is 25.8 Å². The van der Waals surface area contributed by atoms with Gasteiger partial charge >= 0.3 is 11.4 Å². The monoisotopic (exact) mass is 454 g/mol. The lowest BCUT2D eigenvalue weighted by molar-refractivity contribution is -0.149. The van der Waals surface area contributed by atoms with Crippen LogP contribution in [0, 0.1) is 0 Å². The molecular formula is C16H22N8O8. The zero-order valence-corrected chi connectivity index (χ0v) is 16.5. The summed E-state index contributed by atoms with van der Waals surface area (Å²) in [6.45, 7) is -0.195. The van der Waals surface area contributed by atoms with Crippen LogP contribution in [0.1, 0.15) is 18.9 Å². The van der Waals surface area contributed by atoms with Gasteiger partial charge in [-0.3, -0.25) is 14.0 Å². The molecule has 2 aliphatic rings. The number of nitrogens with one attached hydrogen (secondary N) is 1. The number of ether oxygens (including phenoxy) is 2. The van der Waals surface area contributed by atoms with E-state index < -0.39 is 54.5 Å². The van der Waals surface area contributed by atoms with Crippen molar-refractivity contribution in [2.45, 2.75) is 49.5 Å². The van der Waals surface area contributed by atoms with Gasteiger partial charge in [0.05, 0.1) is 12.7 Å². The second-order valence-corrected chi connectivity index (χ2v) is 7.24. The van der Waals surface area contributed by atoms with Crippen LogP contribution < -0.4 is 28.3 Å². The molecule has 0 spiro atoms. The van der Waals surface area contributed by atoms with Crippen molar-refractivity contribution in [3.05, 3.63) is 39.6 Å². The molecule has 2 saturated heterocycles. The standard InChI is InChI=1S/C16H22N8O8/c17-8-1-2-23(15(28)20-8)13-11(27)10(26)12(32-13)22-30-4-7-6(25)3-9(31-7)24-5-19-14(18)21-16(24)29/h1-2,5-7,9-13,22,25-27H,3-4H2,(H2,17,20,28)(H2,18,21,29)/t6-,7+,9+,10-,11+,12-,13+/m0/s1. The summed E-state index contributed by atoms with van der Waals surface area (Å²) in [6.07, 6.45) is -5.45. The topological polar surface area (TPSA) is 235 Å². The lowest BCUT2D eigenvalue weighted by atomic mass is 10.2. The van der Waals surface area contributed by atoms with Crippen LogP contribution in [-0.2, 0) is 14.3 Å². The van der Waals surface area contributed by atoms with Crippen LogP contribution in [0.15, 0.2) is 28.2 Å². The highest BCUT2D eigenvalue weighted by molar-refractivity contribution is 5.23. The Morgan fingerprint density at radius 3 is 2.59 bits per heavy atom. The number of nitrogen functional groups attached to an aromatic ring is 2. The van der Waals surface area contributed by atoms with Gasteiger partial charge in [0.1, 0.15) is 36.7 Å². The molecule has 2 aromatic rings. The van der Waals surface area contributed by atoms with Gasteiger partial charge in [-0.2, -0.15) is 15.4 Å². The van der Waals surface area contributed by atoms with Crippen molar-refractivity contribution in [2.24, 2.45) is 0 Å². The van der Waals surface area contributed by atoms with Crippen molar-refractivity contribution < 1.29 is 29.6 Å². The first-order valence-corrected chi connectivity index (χ1v) is 9.52. The fourth-order valence-corrected chi connectivity index (χ4v) is 3.41. The number of hydrogen-bond donors (Lipinski definition) is 6. The number of aliphatic hydroxyl groups excluding tert-OH is 3. The Balaban J connectivity index is 1.33. The summed E-state index contributed by atoms with van der Waals surface area (Å²) in [4.78, 5) is 39.9. The van der Waals surface area contributed by atoms with Crippen molar-refractivity contribution in [1.29, 1.82) is 0 Å². The van der Waals surface area contributed by atoms with Gasteiger partial charge in [0.2, 0.25) is 5.95 Å². The minimum Gasteiger partial charge on any atom is -0.390 e. The molecule has 2 fully saturated rings. The Bertz CT molecular complexity index is 1080. The van der Waals surface area contributed by atoms with Crippen molar-refractivity contribution >= 4 is 11.8 Å². The predicted octanol–water partition coefficient (Wildman–Crippen LogP) is -4.19. The summed E-state index contributed by atoms with van der Waals surface area (Å²) in [6, 6.07) is 1.34. The van der Waals surface area contributed by atoms with E-state index in [9.17, 15) is 24.9 Å². The van der Waals surface area contributed by atoms with Crippen LogP contribution in [0.25, 0.3) is 0 Å². The van der Waals surface area contributed by atoms with Crippen LogP contribution in [0.5, 0.6) is 0 Å². The maximum Gasteiger partial charge on any atom is 0.354 e. The number of nitrogens with zero attached hydrogens (tertiary/aromatic N) is 5. The molecule has 2 aliphatic heterocycles. The van der Waals surface area contributed by atoms with E-state index in [2.05, 4.69) is 20.4 Å². The van der Waals surface area contributed by atoms with Gasteiger partial charge in [-0.05, 0) is 6.07 Å². The smallest absolute Gasteiger partial charge is 0.354 e. The molecule has 0 saturated carbocycles. The molecule has 0 bridgehead atoms. The highest BCUT2D eigenvalue weighted by Gasteiger charge is 2.45. The maximum absolute atomic E-state index is 12.0. The molecule has 0 unspecified atom stereocenters. The largest absolute Gasteiger partial charge is 0.390 e. The summed E-state index contributed by atoms with van der Waals surface area (Å²) >= 11 is 0. The zero-order chi connectivity index (χ0) is 23.0. The van der Waals surface area contributed by atoms with Gasteiger partial charge in [-0.1, -0.05) is 0 Å². The summed E-state index contributed by atoms with van der Waals surface area (Å²) in [7, 11) is 0. The lowest BCUT2D eigenvalue weighted by Crippen LogP contribution is -2.42. The Hall–Kier alpha value is -2.99. The third kappa shape index (κ3) is 4.32. The number of aromatic nitrogens is 5. The minimum absolute atomic E-state index is 0.00137. The van der Waals surface area contributed by atoms with Gasteiger partial charge in [-0.25, -0.2) is 14.6 Å². The van der Waals surface area contributed by atoms with Crippen molar-refractivity contribution in [3.8, 4) is 0 Å². The number of hydrogen-bond acceptors (Lipinski definition) is 14. The second-order valence-electron chi connectivity index (χ2n) is 7.24. The number of nitrogens with two attached hydrogens (primary N) is 2. The van der Waals surface area contributed by atoms with Gasteiger partial charge in [0.25, 0.3) is 0 Å². The molecule has 0 amide bonds. The minimum atomic E-state index is -1.46. The van der Waals surface area contributed by atoms with E-state index in [1.807, 2.05) is 0 Å². The third-order valence-corrected chi connectivity index (χ3v) is 5.07. The van der Waals surface area contributed by atoms with Crippen molar-refractivity contribution in [3.63, 3.8) is 0 Å². The summed E-state index contributed by atoms with van der Waals surface area (Å²) < 4.78 is 13.2. The van der Waals surface area contributed by atoms with E-state index in [0.717, 1.165) is 9.13 Å². The van der Waals surface area contributed by atoms with Crippen LogP contribution in [0.3, 0.4) is 0 Å². The first-order chi connectivity index (χ1) is 15.2. The van der Waals surface area contributed by atoms with E-state index in [1.54, 1.807) is 0 Å². The van der Waals surface area contributed by atoms with Crippen LogP contribution in [0.4, 0.5) is 11.8 Å². The molecule has 0 aliphatic carbocycles. The number of aliphatic hydroxyl groups is 3. The van der Waals surface area contributed by atoms with Gasteiger partial charge in [0.15, 0.2) is 12.5 Å². The van der Waals surface area contributed by atoms with Crippen LogP contribution in [-0.4, -0.2) is 76.7 Å². The third-order valence-electron chi connectivity index (χ3n) is 5.07. The second kappa shape index (κ2) is 8.87. The summed E-state index contributed by atoms with van der Waals surface area (Å²) in [5.41, 5.74) is 11.8. The quantitative estimate of drug-likeness (QED) is 0.227.